The van der Waals surface area contributed by atoms with Crippen LogP contribution in [0.5, 0.6) is 5.75 Å². The number of amides is 1. The first kappa shape index (κ1) is 38.7. The second kappa shape index (κ2) is 18.8. The smallest absolute Gasteiger partial charge is 0.407 e. The van der Waals surface area contributed by atoms with Crippen LogP contribution in [0.2, 0.25) is 0 Å². The van der Waals surface area contributed by atoms with Crippen molar-refractivity contribution in [2.45, 2.75) is 89.7 Å². The van der Waals surface area contributed by atoms with E-state index >= 15 is 0 Å². The predicted octanol–water partition coefficient (Wildman–Crippen LogP) is 8.99. The summed E-state index contributed by atoms with van der Waals surface area (Å²) in [5.74, 6) is 1.73. The summed E-state index contributed by atoms with van der Waals surface area (Å²) in [7, 11) is 0. The van der Waals surface area contributed by atoms with Crippen molar-refractivity contribution in [3.05, 3.63) is 64.1 Å². The minimum absolute atomic E-state index is 0.125. The number of fused-ring (bicyclic) bond motifs is 2. The summed E-state index contributed by atoms with van der Waals surface area (Å²) in [5, 5.41) is 10.3. The van der Waals surface area contributed by atoms with Gasteiger partial charge < -0.3 is 29.6 Å². The van der Waals surface area contributed by atoms with Crippen molar-refractivity contribution in [3.63, 3.8) is 0 Å². The number of aromatic nitrogens is 2. The first-order valence-electron chi connectivity index (χ1n) is 18.3. The Morgan fingerprint density at radius 2 is 1.87 bits per heavy atom. The molecule has 1 amide bonds. The minimum Gasteiger partial charge on any atom is -0.487 e. The van der Waals surface area contributed by atoms with Gasteiger partial charge in [-0.3, -0.25) is 0 Å². The quantitative estimate of drug-likeness (QED) is 0.0777. The van der Waals surface area contributed by atoms with Gasteiger partial charge in [0.1, 0.15) is 18.5 Å². The third-order valence-corrected chi connectivity index (χ3v) is 11.9. The van der Waals surface area contributed by atoms with Gasteiger partial charge in [-0.2, -0.15) is 0 Å². The Hall–Kier alpha value is -3.01. The van der Waals surface area contributed by atoms with Gasteiger partial charge in [0, 0.05) is 47.2 Å². The van der Waals surface area contributed by atoms with Crippen LogP contribution in [0.1, 0.15) is 62.2 Å². The highest BCUT2D eigenvalue weighted by Crippen LogP contribution is 2.49. The second-order valence-electron chi connectivity index (χ2n) is 13.7. The van der Waals surface area contributed by atoms with E-state index < -0.39 is 12.9 Å². The molecule has 8 rings (SSSR count). The van der Waals surface area contributed by atoms with Crippen LogP contribution in [0.15, 0.2) is 52.7 Å². The highest BCUT2D eigenvalue weighted by molar-refractivity contribution is 7.97. The first-order valence-corrected chi connectivity index (χ1v) is 20.7. The van der Waals surface area contributed by atoms with E-state index in [0.717, 1.165) is 43.1 Å². The maximum Gasteiger partial charge on any atom is 0.407 e. The SMILES string of the molecule is CCC.Cc1ccc(OCc2csc(C)n2)cc1.O=C(NCCCN(CF)Sc1ccc2nc(NC3CC3)sc2c1)OC1C2COC3OCC1C3C2. The molecule has 2 aliphatic heterocycles. The number of carbonyl (C=O) groups excluding carboxylic acids is 1. The molecular weight excluding hydrogens is 722 g/mol. The molecule has 5 unspecified atom stereocenters. The lowest BCUT2D eigenvalue weighted by Gasteiger charge is -2.27. The van der Waals surface area contributed by atoms with Crippen LogP contribution in [-0.4, -0.2) is 71.9 Å². The van der Waals surface area contributed by atoms with Gasteiger partial charge in [0.25, 0.3) is 0 Å². The molecule has 2 saturated heterocycles. The number of carbonyl (C=O) groups is 1. The number of ether oxygens (including phenoxy) is 4. The van der Waals surface area contributed by atoms with Crippen molar-refractivity contribution in [3.8, 4) is 5.75 Å². The van der Waals surface area contributed by atoms with Crippen LogP contribution in [0, 0.1) is 31.6 Å². The van der Waals surface area contributed by atoms with Crippen molar-refractivity contribution < 1.29 is 28.1 Å². The number of alkyl carbamates (subject to hydrolysis) is 1. The molecule has 10 nitrogen and oxygen atoms in total. The van der Waals surface area contributed by atoms with E-state index in [4.69, 9.17) is 18.9 Å². The molecule has 4 heterocycles. The molecule has 2 N–H and O–H groups in total. The van der Waals surface area contributed by atoms with Gasteiger partial charge >= 0.3 is 6.09 Å². The Labute approximate surface area is 318 Å². The predicted molar refractivity (Wildman–Crippen MR) is 207 cm³/mol. The number of nitrogens with zero attached hydrogens (tertiary/aromatic N) is 3. The second-order valence-corrected chi connectivity index (χ2v) is 16.9. The average Bonchev–Trinajstić information content (AvgIpc) is 3.41. The number of thiazole rings is 2. The Kier molecular flexibility index (Phi) is 14.0. The molecule has 2 aliphatic carbocycles. The molecule has 4 aliphatic rings. The molecule has 5 atom stereocenters. The number of aryl methyl sites for hydroxylation is 2. The Balaban J connectivity index is 0.000000215. The number of halogens is 1. The maximum absolute atomic E-state index is 13.6. The lowest BCUT2D eigenvalue weighted by atomic mass is 9.98. The van der Waals surface area contributed by atoms with E-state index in [1.165, 1.54) is 36.8 Å². The average molecular weight is 772 g/mol. The van der Waals surface area contributed by atoms with Gasteiger partial charge in [0.05, 0.1) is 34.1 Å². The van der Waals surface area contributed by atoms with Gasteiger partial charge in [-0.05, 0) is 81.8 Å². The summed E-state index contributed by atoms with van der Waals surface area (Å²) in [5.41, 5.74) is 3.20. The van der Waals surface area contributed by atoms with Crippen molar-refractivity contribution in [1.29, 1.82) is 0 Å². The summed E-state index contributed by atoms with van der Waals surface area (Å²) < 4.78 is 39.1. The monoisotopic (exact) mass is 771 g/mol. The van der Waals surface area contributed by atoms with Crippen LogP contribution in [0.25, 0.3) is 10.2 Å². The van der Waals surface area contributed by atoms with E-state index in [1.54, 1.807) is 27.0 Å². The largest absolute Gasteiger partial charge is 0.487 e. The fourth-order valence-electron chi connectivity index (χ4n) is 6.43. The Morgan fingerprint density at radius 3 is 2.60 bits per heavy atom. The number of hydrogen-bond acceptors (Lipinski definition) is 12. The molecule has 4 aromatic rings. The van der Waals surface area contributed by atoms with Gasteiger partial charge in [0.15, 0.2) is 18.2 Å². The number of hydrogen-bond donors (Lipinski definition) is 2. The fraction of sp³-hybridized carbons (Fsp3) is 0.553. The topological polar surface area (TPSA) is 107 Å². The van der Waals surface area contributed by atoms with Crippen molar-refractivity contribution >= 4 is 56.1 Å². The van der Waals surface area contributed by atoms with Crippen molar-refractivity contribution in [2.75, 3.05) is 38.4 Å². The number of anilines is 1. The summed E-state index contributed by atoms with van der Waals surface area (Å²) >= 11 is 4.68. The maximum atomic E-state index is 13.6. The van der Waals surface area contributed by atoms with E-state index in [2.05, 4.69) is 47.4 Å². The lowest BCUT2D eigenvalue weighted by molar-refractivity contribution is -0.169. The summed E-state index contributed by atoms with van der Waals surface area (Å²) in [4.78, 5) is 22.3. The molecule has 4 fully saturated rings. The number of alkyl halides is 1. The third kappa shape index (κ3) is 10.8. The number of benzene rings is 2. The molecule has 52 heavy (non-hydrogen) atoms. The van der Waals surface area contributed by atoms with E-state index in [-0.39, 0.29) is 24.2 Å². The summed E-state index contributed by atoms with van der Waals surface area (Å²) in [6.45, 7) is 10.4. The molecule has 0 radical (unpaired) electrons. The van der Waals surface area contributed by atoms with Crippen LogP contribution in [0.4, 0.5) is 14.3 Å². The fourth-order valence-corrected chi connectivity index (χ4v) is 8.95. The molecule has 2 bridgehead atoms. The Bertz CT molecular complexity index is 1720. The molecule has 0 spiro atoms. The van der Waals surface area contributed by atoms with Gasteiger partial charge in [-0.1, -0.05) is 49.3 Å². The molecular formula is C38H50FN5O5S3. The molecule has 282 valence electrons. The molecule has 2 aromatic carbocycles. The third-order valence-electron chi connectivity index (χ3n) is 9.09. The highest BCUT2D eigenvalue weighted by atomic mass is 32.2. The highest BCUT2D eigenvalue weighted by Gasteiger charge is 2.56. The molecule has 2 saturated carbocycles. The van der Waals surface area contributed by atoms with Crippen LogP contribution >= 0.6 is 34.6 Å². The zero-order chi connectivity index (χ0) is 36.5. The first-order chi connectivity index (χ1) is 25.3. The van der Waals surface area contributed by atoms with Gasteiger partial charge in [-0.25, -0.2) is 23.5 Å². The standard InChI is InChI=1S/C23H29FN4O4S2.C12H13NOS.C3H8/c24-12-28(34-15-4-5-18-19(9-15)33-22(27-18)26-14-2-3-14)7-1-6-25-23(29)32-20-13-8-16-17(20)11-31-21(16)30-10-13;1-9-3-5-12(6-4-9)14-7-11-8-15-10(2)13-11;1-3-2/h4-5,9,13-14,16-17,20-21H,1-3,6-8,10-12H2,(H,25,29)(H,26,27);3-6,8H,7H2,1-2H3;3H2,1-2H3. The van der Waals surface area contributed by atoms with Gasteiger partial charge in [0.2, 0.25) is 0 Å². The molecule has 14 heteroatoms. The zero-order valence-electron chi connectivity index (χ0n) is 30.3. The van der Waals surface area contributed by atoms with Crippen molar-refractivity contribution in [1.82, 2.24) is 19.6 Å². The van der Waals surface area contributed by atoms with Crippen LogP contribution in [-0.2, 0) is 20.8 Å². The van der Waals surface area contributed by atoms with Crippen molar-refractivity contribution in [2.24, 2.45) is 17.8 Å². The number of rotatable bonds is 13. The van der Waals surface area contributed by atoms with E-state index in [9.17, 15) is 9.18 Å². The zero-order valence-corrected chi connectivity index (χ0v) is 32.8. The summed E-state index contributed by atoms with van der Waals surface area (Å²) in [6.07, 6.45) is 4.62. The Morgan fingerprint density at radius 1 is 1.08 bits per heavy atom. The lowest BCUT2D eigenvalue weighted by Crippen LogP contribution is -2.37. The number of nitrogens with one attached hydrogen (secondary N) is 2. The molecule has 2 aromatic heterocycles. The van der Waals surface area contributed by atoms with E-state index in [1.807, 2.05) is 48.7 Å². The normalized spacial score (nSPS) is 22.7. The van der Waals surface area contributed by atoms with Crippen LogP contribution in [0.3, 0.4) is 0 Å². The minimum atomic E-state index is -0.571. The van der Waals surface area contributed by atoms with E-state index in [0.29, 0.717) is 51.3 Å². The van der Waals surface area contributed by atoms with Gasteiger partial charge in [-0.15, -0.1) is 11.3 Å². The summed E-state index contributed by atoms with van der Waals surface area (Å²) in [6, 6.07) is 14.6. The van der Waals surface area contributed by atoms with Crippen LogP contribution < -0.4 is 15.4 Å².